The van der Waals surface area contributed by atoms with Crippen LogP contribution in [0.1, 0.15) is 21.7 Å². The third-order valence-corrected chi connectivity index (χ3v) is 3.93. The van der Waals surface area contributed by atoms with E-state index in [1.165, 1.54) is 6.33 Å². The van der Waals surface area contributed by atoms with Gasteiger partial charge >= 0.3 is 5.97 Å². The number of rotatable bonds is 6. The predicted octanol–water partition coefficient (Wildman–Crippen LogP) is 0.804. The summed E-state index contributed by atoms with van der Waals surface area (Å²) in [5, 5.41) is 11.0. The van der Waals surface area contributed by atoms with Crippen molar-refractivity contribution in [3.63, 3.8) is 0 Å². The normalized spacial score (nSPS) is 11.5. The van der Waals surface area contributed by atoms with E-state index < -0.39 is 17.9 Å². The fourth-order valence-electron chi connectivity index (χ4n) is 2.57. The van der Waals surface area contributed by atoms with Crippen molar-refractivity contribution in [1.29, 1.82) is 0 Å². The van der Waals surface area contributed by atoms with Crippen molar-refractivity contribution in [3.05, 3.63) is 65.7 Å². The van der Waals surface area contributed by atoms with Gasteiger partial charge in [-0.2, -0.15) is 0 Å². The summed E-state index contributed by atoms with van der Waals surface area (Å²) in [6, 6.07) is 13.0. The number of nitrogens with zero attached hydrogens (tertiary/aromatic N) is 1. The zero-order valence-corrected chi connectivity index (χ0v) is 14.8. The number of carboxylic acids is 1. The maximum atomic E-state index is 10.7. The van der Waals surface area contributed by atoms with E-state index in [0.717, 1.165) is 16.3 Å². The number of imidazole rings is 1. The summed E-state index contributed by atoms with van der Waals surface area (Å²) in [5.41, 5.74) is 17.8. The van der Waals surface area contributed by atoms with Crippen LogP contribution < -0.4 is 17.2 Å². The number of amides is 1. The van der Waals surface area contributed by atoms with E-state index >= 15 is 0 Å². The van der Waals surface area contributed by atoms with E-state index in [1.807, 2.05) is 42.5 Å². The van der Waals surface area contributed by atoms with Crippen LogP contribution in [-0.4, -0.2) is 39.5 Å². The summed E-state index contributed by atoms with van der Waals surface area (Å²) in [4.78, 5) is 27.8. The summed E-state index contributed by atoms with van der Waals surface area (Å²) < 4.78 is 0. The van der Waals surface area contributed by atoms with Crippen molar-refractivity contribution in [2.45, 2.75) is 18.9 Å². The summed E-state index contributed by atoms with van der Waals surface area (Å²) in [5.74, 6) is -1.46. The number of aromatic amines is 1. The number of benzene rings is 2. The van der Waals surface area contributed by atoms with Crippen LogP contribution in [0, 0.1) is 0 Å². The molecule has 3 rings (SSSR count). The molecule has 142 valence electrons. The number of hydrogen-bond donors (Lipinski definition) is 5. The lowest BCUT2D eigenvalue weighted by Crippen LogP contribution is -2.32. The molecule has 0 aliphatic heterocycles. The van der Waals surface area contributed by atoms with Gasteiger partial charge in [0.1, 0.15) is 11.7 Å². The Hall–Kier alpha value is -3.23. The number of fused-ring (bicyclic) bond motifs is 1. The molecule has 0 aliphatic carbocycles. The minimum atomic E-state index is -0.965. The Balaban J connectivity index is 0.000000208. The van der Waals surface area contributed by atoms with E-state index in [2.05, 4.69) is 9.97 Å². The molecule has 0 unspecified atom stereocenters. The number of carbonyl (C=O) groups is 2. The summed E-state index contributed by atoms with van der Waals surface area (Å²) >= 11 is 0. The van der Waals surface area contributed by atoms with Crippen molar-refractivity contribution >= 4 is 22.6 Å². The van der Waals surface area contributed by atoms with Crippen LogP contribution in [0.4, 0.5) is 0 Å². The standard InChI is InChI=1S/C13H13NO2.C6H10N4O/c14-12(13(15)16)8-9-5-6-10-3-1-2-4-11(10)7-9;7-2-1-4-5(6(8)11)10-3-9-4/h1-7,12H,8,14H2,(H,15,16);3H,1-2,7H2,(H2,8,11)(H,9,10)/t12-;/m0./s1. The highest BCUT2D eigenvalue weighted by atomic mass is 16.4. The van der Waals surface area contributed by atoms with Crippen molar-refractivity contribution in [2.75, 3.05) is 6.54 Å². The summed E-state index contributed by atoms with van der Waals surface area (Å²) in [6.07, 6.45) is 2.37. The highest BCUT2D eigenvalue weighted by Crippen LogP contribution is 2.16. The Morgan fingerprint density at radius 2 is 1.85 bits per heavy atom. The lowest BCUT2D eigenvalue weighted by Gasteiger charge is -2.07. The number of aromatic nitrogens is 2. The van der Waals surface area contributed by atoms with Gasteiger partial charge in [-0.3, -0.25) is 9.59 Å². The van der Waals surface area contributed by atoms with Crippen molar-refractivity contribution in [2.24, 2.45) is 17.2 Å². The number of nitrogens with two attached hydrogens (primary N) is 3. The topological polar surface area (TPSA) is 161 Å². The molecule has 1 heterocycles. The molecule has 8 nitrogen and oxygen atoms in total. The van der Waals surface area contributed by atoms with Gasteiger partial charge in [0.2, 0.25) is 0 Å². The quantitative estimate of drug-likeness (QED) is 0.432. The number of primary amides is 1. The Kier molecular flexibility index (Phi) is 7.04. The number of nitrogens with one attached hydrogen (secondary N) is 1. The van der Waals surface area contributed by atoms with E-state index in [0.29, 0.717) is 30.8 Å². The molecule has 1 amide bonds. The average molecular weight is 369 g/mol. The van der Waals surface area contributed by atoms with Crippen LogP contribution in [0.25, 0.3) is 10.8 Å². The lowest BCUT2D eigenvalue weighted by atomic mass is 10.0. The van der Waals surface area contributed by atoms with Crippen LogP contribution in [0.3, 0.4) is 0 Å². The predicted molar refractivity (Wildman–Crippen MR) is 103 cm³/mol. The zero-order valence-electron chi connectivity index (χ0n) is 14.8. The molecular formula is C19H23N5O3. The third-order valence-electron chi connectivity index (χ3n) is 3.93. The number of hydrogen-bond acceptors (Lipinski definition) is 5. The molecule has 8 heteroatoms. The first kappa shape index (κ1) is 20.1. The maximum absolute atomic E-state index is 10.7. The fourth-order valence-corrected chi connectivity index (χ4v) is 2.57. The van der Waals surface area contributed by atoms with Gasteiger partial charge in [-0.15, -0.1) is 0 Å². The van der Waals surface area contributed by atoms with E-state index in [1.54, 1.807) is 0 Å². The van der Waals surface area contributed by atoms with Gasteiger partial charge in [0.15, 0.2) is 0 Å². The average Bonchev–Trinajstić information content (AvgIpc) is 3.11. The second-order valence-corrected chi connectivity index (χ2v) is 5.96. The molecule has 1 atom stereocenters. The molecule has 0 spiro atoms. The Bertz CT molecular complexity index is 922. The molecule has 0 aliphatic rings. The van der Waals surface area contributed by atoms with E-state index in [-0.39, 0.29) is 0 Å². The maximum Gasteiger partial charge on any atom is 0.320 e. The van der Waals surface area contributed by atoms with Crippen LogP contribution in [-0.2, 0) is 17.6 Å². The highest BCUT2D eigenvalue weighted by molar-refractivity contribution is 5.91. The van der Waals surface area contributed by atoms with Crippen LogP contribution in [0.15, 0.2) is 48.8 Å². The number of H-pyrrole nitrogens is 1. The number of carboxylic acid groups (broad SMARTS) is 1. The van der Waals surface area contributed by atoms with Gasteiger partial charge < -0.3 is 27.3 Å². The van der Waals surface area contributed by atoms with Gasteiger partial charge in [-0.25, -0.2) is 4.98 Å². The first-order valence-electron chi connectivity index (χ1n) is 8.40. The SMILES string of the molecule is NCCc1nc[nH]c1C(N)=O.N[C@@H](Cc1ccc2ccccc2c1)C(=O)O. The van der Waals surface area contributed by atoms with Crippen LogP contribution in [0.5, 0.6) is 0 Å². The minimum absolute atomic E-state index is 0.357. The Morgan fingerprint density at radius 1 is 1.15 bits per heavy atom. The van der Waals surface area contributed by atoms with Crippen LogP contribution in [0.2, 0.25) is 0 Å². The number of carbonyl (C=O) groups excluding carboxylic acids is 1. The van der Waals surface area contributed by atoms with Gasteiger partial charge in [-0.05, 0) is 29.3 Å². The molecule has 0 fully saturated rings. The molecule has 27 heavy (non-hydrogen) atoms. The van der Waals surface area contributed by atoms with Crippen molar-refractivity contribution in [3.8, 4) is 0 Å². The largest absolute Gasteiger partial charge is 0.480 e. The van der Waals surface area contributed by atoms with Crippen molar-refractivity contribution < 1.29 is 14.7 Å². The molecule has 0 bridgehead atoms. The fraction of sp³-hybridized carbons (Fsp3) is 0.211. The minimum Gasteiger partial charge on any atom is -0.480 e. The summed E-state index contributed by atoms with van der Waals surface area (Å²) in [7, 11) is 0. The smallest absolute Gasteiger partial charge is 0.320 e. The molecule has 3 aromatic rings. The molecule has 1 aromatic heterocycles. The zero-order chi connectivity index (χ0) is 19.8. The molecular weight excluding hydrogens is 346 g/mol. The number of aliphatic carboxylic acids is 1. The molecule has 8 N–H and O–H groups in total. The van der Waals surface area contributed by atoms with E-state index in [9.17, 15) is 9.59 Å². The Morgan fingerprint density at radius 3 is 2.48 bits per heavy atom. The van der Waals surface area contributed by atoms with Gasteiger partial charge in [0, 0.05) is 6.42 Å². The Labute approximate surface area is 156 Å². The third kappa shape index (κ3) is 5.63. The molecule has 2 aromatic carbocycles. The van der Waals surface area contributed by atoms with Gasteiger partial charge in [0.05, 0.1) is 12.0 Å². The first-order chi connectivity index (χ1) is 12.9. The van der Waals surface area contributed by atoms with Crippen molar-refractivity contribution in [1.82, 2.24) is 9.97 Å². The molecule has 0 saturated carbocycles. The van der Waals surface area contributed by atoms with E-state index in [4.69, 9.17) is 22.3 Å². The summed E-state index contributed by atoms with van der Waals surface area (Å²) in [6.45, 7) is 0.463. The second kappa shape index (κ2) is 9.46. The molecule has 0 radical (unpaired) electrons. The lowest BCUT2D eigenvalue weighted by molar-refractivity contribution is -0.138. The molecule has 0 saturated heterocycles. The highest BCUT2D eigenvalue weighted by Gasteiger charge is 2.12. The second-order valence-electron chi connectivity index (χ2n) is 5.96. The van der Waals surface area contributed by atoms with Gasteiger partial charge in [0.25, 0.3) is 5.91 Å². The van der Waals surface area contributed by atoms with Crippen LogP contribution >= 0.6 is 0 Å². The first-order valence-corrected chi connectivity index (χ1v) is 8.40. The van der Waals surface area contributed by atoms with Gasteiger partial charge in [-0.1, -0.05) is 42.5 Å². The monoisotopic (exact) mass is 369 g/mol.